The second-order valence-electron chi connectivity index (χ2n) is 12.6. The molecule has 0 bridgehead atoms. The summed E-state index contributed by atoms with van der Waals surface area (Å²) in [4.78, 5) is 11.1. The number of unbranched alkanes of at least 4 members (excludes halogenated alkanes) is 24. The van der Waals surface area contributed by atoms with Crippen molar-refractivity contribution in [1.82, 2.24) is 0 Å². The van der Waals surface area contributed by atoms with Crippen LogP contribution in [-0.2, 0) is 11.3 Å². The molecule has 5 nitrogen and oxygen atoms in total. The summed E-state index contributed by atoms with van der Waals surface area (Å²) in [5.74, 6) is 1.54. The molecular weight excluding hydrogens is 534 g/mol. The van der Waals surface area contributed by atoms with Crippen molar-refractivity contribution >= 4 is 6.09 Å². The number of hydrogen-bond donors (Lipinski definition) is 1. The summed E-state index contributed by atoms with van der Waals surface area (Å²) in [5, 5.41) is 0. The smallest absolute Gasteiger partial charge is 0.404 e. The van der Waals surface area contributed by atoms with Crippen molar-refractivity contribution < 1.29 is 19.0 Å². The number of hydrogen-bond acceptors (Lipinski definition) is 4. The van der Waals surface area contributed by atoms with Crippen LogP contribution in [0.4, 0.5) is 4.79 Å². The summed E-state index contributed by atoms with van der Waals surface area (Å²) < 4.78 is 17.2. The van der Waals surface area contributed by atoms with Crippen molar-refractivity contribution in [1.29, 1.82) is 0 Å². The molecule has 2 N–H and O–H groups in total. The summed E-state index contributed by atoms with van der Waals surface area (Å²) >= 11 is 0. The highest BCUT2D eigenvalue weighted by Crippen LogP contribution is 2.25. The molecule has 250 valence electrons. The average Bonchev–Trinajstić information content (AvgIpc) is 3.00. The quantitative estimate of drug-likeness (QED) is 0.0831. The van der Waals surface area contributed by atoms with E-state index in [1.165, 1.54) is 154 Å². The number of carbonyl (C=O) groups is 1. The molecule has 0 radical (unpaired) electrons. The van der Waals surface area contributed by atoms with Gasteiger partial charge in [-0.2, -0.15) is 0 Å². The fraction of sp³-hybridized carbons (Fsp3) is 0.816. The Morgan fingerprint density at radius 1 is 0.488 bits per heavy atom. The van der Waals surface area contributed by atoms with E-state index < -0.39 is 6.09 Å². The van der Waals surface area contributed by atoms with Gasteiger partial charge < -0.3 is 19.9 Å². The van der Waals surface area contributed by atoms with Crippen LogP contribution in [0.25, 0.3) is 0 Å². The normalized spacial score (nSPS) is 11.1. The summed E-state index contributed by atoms with van der Waals surface area (Å²) in [6.07, 6.45) is 34.0. The monoisotopic (exact) mass is 604 g/mol. The Morgan fingerprint density at radius 3 is 1.09 bits per heavy atom. The van der Waals surface area contributed by atoms with Crippen LogP contribution in [0.5, 0.6) is 11.5 Å². The molecule has 0 aliphatic carbocycles. The number of carbonyl (C=O) groups excluding carboxylic acids is 1. The van der Waals surface area contributed by atoms with Crippen LogP contribution in [0.15, 0.2) is 18.2 Å². The molecule has 0 atom stereocenters. The predicted molar refractivity (Wildman–Crippen MR) is 183 cm³/mol. The summed E-state index contributed by atoms with van der Waals surface area (Å²) in [7, 11) is 0. The van der Waals surface area contributed by atoms with Crippen LogP contribution in [0.1, 0.15) is 186 Å². The molecule has 1 rings (SSSR count). The number of amides is 1. The molecule has 0 spiro atoms. The van der Waals surface area contributed by atoms with Gasteiger partial charge in [0.15, 0.2) is 0 Å². The van der Waals surface area contributed by atoms with Gasteiger partial charge in [0, 0.05) is 6.07 Å². The number of benzene rings is 1. The zero-order chi connectivity index (χ0) is 31.1. The van der Waals surface area contributed by atoms with Gasteiger partial charge in [0.25, 0.3) is 0 Å². The molecule has 0 aliphatic heterocycles. The zero-order valence-electron chi connectivity index (χ0n) is 28.4. The van der Waals surface area contributed by atoms with Gasteiger partial charge in [0.05, 0.1) is 13.2 Å². The Kier molecular flexibility index (Phi) is 27.4. The molecule has 1 amide bonds. The molecule has 0 aromatic heterocycles. The molecule has 5 heteroatoms. The number of ether oxygens (including phenoxy) is 3. The maximum atomic E-state index is 11.1. The van der Waals surface area contributed by atoms with Gasteiger partial charge in [-0.05, 0) is 30.5 Å². The van der Waals surface area contributed by atoms with E-state index >= 15 is 0 Å². The maximum absolute atomic E-state index is 11.1. The standard InChI is InChI=1S/C38H69NO4/c1-3-5-7-9-11-13-15-17-19-21-23-25-27-29-41-36-31-35(34-43-38(39)40)32-37(33-36)42-30-28-26-24-22-20-18-16-14-12-10-8-6-4-2/h31-33H,3-30,34H2,1-2H3,(H2,39,40). The van der Waals surface area contributed by atoms with E-state index in [1.807, 2.05) is 18.2 Å². The molecule has 0 unspecified atom stereocenters. The lowest BCUT2D eigenvalue weighted by atomic mass is 10.0. The second kappa shape index (κ2) is 30.1. The highest BCUT2D eigenvalue weighted by molar-refractivity contribution is 5.64. The van der Waals surface area contributed by atoms with Crippen LogP contribution in [-0.4, -0.2) is 19.3 Å². The summed E-state index contributed by atoms with van der Waals surface area (Å²) in [6.45, 7) is 6.06. The molecule has 0 saturated carbocycles. The first-order valence-corrected chi connectivity index (χ1v) is 18.5. The molecule has 0 fully saturated rings. The minimum absolute atomic E-state index is 0.125. The number of rotatable bonds is 32. The number of nitrogens with two attached hydrogens (primary N) is 1. The Labute approximate surface area is 266 Å². The molecule has 0 saturated heterocycles. The van der Waals surface area contributed by atoms with E-state index in [0.29, 0.717) is 13.2 Å². The van der Waals surface area contributed by atoms with Crippen LogP contribution in [0.3, 0.4) is 0 Å². The third-order valence-electron chi connectivity index (χ3n) is 8.35. The van der Waals surface area contributed by atoms with E-state index in [0.717, 1.165) is 29.9 Å². The minimum Gasteiger partial charge on any atom is -0.493 e. The number of primary amides is 1. The van der Waals surface area contributed by atoms with Crippen LogP contribution >= 0.6 is 0 Å². The van der Waals surface area contributed by atoms with E-state index in [2.05, 4.69) is 13.8 Å². The SMILES string of the molecule is CCCCCCCCCCCCCCCOc1cc(COC(N)=O)cc(OCCCCCCCCCCCCCCC)c1. The molecule has 0 heterocycles. The fourth-order valence-corrected chi connectivity index (χ4v) is 5.65. The first-order valence-electron chi connectivity index (χ1n) is 18.5. The zero-order valence-corrected chi connectivity index (χ0v) is 28.4. The van der Waals surface area contributed by atoms with Crippen molar-refractivity contribution in [2.75, 3.05) is 13.2 Å². The maximum Gasteiger partial charge on any atom is 0.404 e. The predicted octanol–water partition coefficient (Wildman–Crippen LogP) is 12.2. The molecule has 0 aliphatic rings. The third-order valence-corrected chi connectivity index (χ3v) is 8.35. The van der Waals surface area contributed by atoms with Gasteiger partial charge in [0.2, 0.25) is 0 Å². The van der Waals surface area contributed by atoms with Gasteiger partial charge >= 0.3 is 6.09 Å². The molecule has 43 heavy (non-hydrogen) atoms. The van der Waals surface area contributed by atoms with E-state index in [1.54, 1.807) is 0 Å². The van der Waals surface area contributed by atoms with Crippen LogP contribution in [0, 0.1) is 0 Å². The summed E-state index contributed by atoms with van der Waals surface area (Å²) in [5.41, 5.74) is 6.02. The largest absolute Gasteiger partial charge is 0.493 e. The van der Waals surface area contributed by atoms with Gasteiger partial charge in [0.1, 0.15) is 18.1 Å². The highest BCUT2D eigenvalue weighted by Gasteiger charge is 2.06. The van der Waals surface area contributed by atoms with E-state index in [4.69, 9.17) is 19.9 Å². The topological polar surface area (TPSA) is 70.8 Å². The van der Waals surface area contributed by atoms with Crippen molar-refractivity contribution in [3.05, 3.63) is 23.8 Å². The van der Waals surface area contributed by atoms with Gasteiger partial charge in [-0.1, -0.05) is 168 Å². The Balaban J connectivity index is 2.16. The van der Waals surface area contributed by atoms with Crippen LogP contribution in [0.2, 0.25) is 0 Å². The fourth-order valence-electron chi connectivity index (χ4n) is 5.65. The van der Waals surface area contributed by atoms with Crippen molar-refractivity contribution in [2.24, 2.45) is 5.73 Å². The minimum atomic E-state index is -0.771. The van der Waals surface area contributed by atoms with Gasteiger partial charge in [-0.3, -0.25) is 0 Å². The highest BCUT2D eigenvalue weighted by atomic mass is 16.5. The van der Waals surface area contributed by atoms with E-state index in [-0.39, 0.29) is 6.61 Å². The Morgan fingerprint density at radius 2 is 0.791 bits per heavy atom. The average molecular weight is 604 g/mol. The first kappa shape index (κ1) is 39.1. The van der Waals surface area contributed by atoms with Gasteiger partial charge in [-0.25, -0.2) is 4.79 Å². The molecular formula is C38H69NO4. The van der Waals surface area contributed by atoms with Crippen molar-refractivity contribution in [3.8, 4) is 11.5 Å². The Hall–Kier alpha value is -1.91. The lowest BCUT2D eigenvalue weighted by Gasteiger charge is -2.13. The third kappa shape index (κ3) is 26.2. The summed E-state index contributed by atoms with van der Waals surface area (Å²) in [6, 6.07) is 5.80. The lowest BCUT2D eigenvalue weighted by Crippen LogP contribution is -2.12. The Bertz CT molecular complexity index is 703. The van der Waals surface area contributed by atoms with Gasteiger partial charge in [-0.15, -0.1) is 0 Å². The van der Waals surface area contributed by atoms with Crippen LogP contribution < -0.4 is 15.2 Å². The first-order chi connectivity index (χ1) is 21.2. The second-order valence-corrected chi connectivity index (χ2v) is 12.6. The lowest BCUT2D eigenvalue weighted by molar-refractivity contribution is 0.150. The molecule has 1 aromatic rings. The van der Waals surface area contributed by atoms with Crippen molar-refractivity contribution in [3.63, 3.8) is 0 Å². The van der Waals surface area contributed by atoms with Crippen molar-refractivity contribution in [2.45, 2.75) is 187 Å². The van der Waals surface area contributed by atoms with E-state index in [9.17, 15) is 4.79 Å². The molecule has 1 aromatic carbocycles.